The van der Waals surface area contributed by atoms with E-state index in [0.717, 1.165) is 10.2 Å². The number of rotatable bonds is 2. The van der Waals surface area contributed by atoms with E-state index in [9.17, 15) is 17.8 Å². The molecule has 0 spiro atoms. The van der Waals surface area contributed by atoms with Crippen LogP contribution in [0.3, 0.4) is 0 Å². The van der Waals surface area contributed by atoms with Crippen LogP contribution in [0.2, 0.25) is 0 Å². The highest BCUT2D eigenvalue weighted by Crippen LogP contribution is 2.20. The van der Waals surface area contributed by atoms with Crippen molar-refractivity contribution < 1.29 is 27.2 Å². The number of pyridine rings is 1. The van der Waals surface area contributed by atoms with Crippen molar-refractivity contribution in [3.05, 3.63) is 51.1 Å². The van der Waals surface area contributed by atoms with Gasteiger partial charge in [-0.3, -0.25) is 11.6 Å². The second kappa shape index (κ2) is 8.47. The van der Waals surface area contributed by atoms with Crippen LogP contribution in [0.15, 0.2) is 33.8 Å². The maximum absolute atomic E-state index is 11.1. The van der Waals surface area contributed by atoms with Crippen molar-refractivity contribution in [2.24, 2.45) is 0 Å². The van der Waals surface area contributed by atoms with Crippen molar-refractivity contribution in [3.63, 3.8) is 0 Å². The number of methoxy groups -OCH3 is 1. The van der Waals surface area contributed by atoms with Gasteiger partial charge in [-0.25, -0.2) is 13.2 Å². The Hall–Kier alpha value is -2.17. The Balaban J connectivity index is 0.000000260. The number of nitrogens with two attached hydrogens (primary N) is 2. The summed E-state index contributed by atoms with van der Waals surface area (Å²) in [4.78, 5) is 11.0. The van der Waals surface area contributed by atoms with Gasteiger partial charge in [-0.15, -0.1) is 4.68 Å². The Bertz CT molecular complexity index is 899. The van der Waals surface area contributed by atoms with Crippen molar-refractivity contribution in [2.45, 2.75) is 25.7 Å². The molecular formula is C16H20BrN3O5S. The number of aromatic nitrogens is 1. The van der Waals surface area contributed by atoms with Gasteiger partial charge < -0.3 is 9.29 Å². The van der Waals surface area contributed by atoms with E-state index in [-0.39, 0.29) is 4.90 Å². The average Bonchev–Trinajstić information content (AvgIpc) is 2.49. The summed E-state index contributed by atoms with van der Waals surface area (Å²) < 4.78 is 38.7. The first-order valence-electron chi connectivity index (χ1n) is 7.26. The quantitative estimate of drug-likeness (QED) is 0.307. The van der Waals surface area contributed by atoms with Crippen molar-refractivity contribution in [1.82, 2.24) is 0 Å². The van der Waals surface area contributed by atoms with Crippen LogP contribution in [-0.4, -0.2) is 26.0 Å². The lowest BCUT2D eigenvalue weighted by Gasteiger charge is -2.14. The van der Waals surface area contributed by atoms with Crippen LogP contribution < -0.4 is 16.3 Å². The number of benzene rings is 1. The van der Waals surface area contributed by atoms with Gasteiger partial charge in [0.1, 0.15) is 26.4 Å². The Morgan fingerprint density at radius 1 is 1.19 bits per heavy atom. The highest BCUT2D eigenvalue weighted by atomic mass is 79.9. The second-order valence-electron chi connectivity index (χ2n) is 5.54. The molecule has 0 fully saturated rings. The Labute approximate surface area is 160 Å². The molecule has 1 aromatic carbocycles. The van der Waals surface area contributed by atoms with E-state index >= 15 is 0 Å². The van der Waals surface area contributed by atoms with E-state index in [1.54, 1.807) is 32.0 Å². The predicted octanol–water partition coefficient (Wildman–Crippen LogP) is 1.34. The van der Waals surface area contributed by atoms with E-state index in [0.29, 0.717) is 27.0 Å². The van der Waals surface area contributed by atoms with Crippen LogP contribution in [0, 0.1) is 20.8 Å². The van der Waals surface area contributed by atoms with Crippen LogP contribution in [0.4, 0.5) is 5.82 Å². The number of carbonyl (C=O) groups excluding carboxylic acids is 1. The number of hydrogen-bond donors (Lipinski definition) is 2. The standard InChI is InChI=1S/C9H12O3S.C7H8BrN3O2/c1-6-4-7(2)9(8(3)5-6)13(10,11)12;1-13-7(12)4-2-5(8)6(9)11(10)3-4/h4-5H,1-3H3,(H,10,11,12);2-3,9H,10H2,1H3. The molecule has 0 aliphatic carbocycles. The third kappa shape index (κ3) is 5.41. The molecule has 2 rings (SSSR count). The maximum atomic E-state index is 11.1. The van der Waals surface area contributed by atoms with E-state index in [1.165, 1.54) is 13.3 Å². The summed E-state index contributed by atoms with van der Waals surface area (Å²) >= 11 is 3.16. The molecule has 1 aromatic heterocycles. The molecule has 0 aliphatic heterocycles. The van der Waals surface area contributed by atoms with Crippen molar-refractivity contribution in [3.8, 4) is 0 Å². The number of esters is 1. The zero-order valence-corrected chi connectivity index (χ0v) is 17.1. The normalized spacial score (nSPS) is 10.7. The molecule has 0 unspecified atom stereocenters. The minimum absolute atomic E-state index is 0.0851. The smallest absolute Gasteiger partial charge is 0.341 e. The third-order valence-electron chi connectivity index (χ3n) is 3.36. The summed E-state index contributed by atoms with van der Waals surface area (Å²) in [6.07, 6.45) is 1.39. The largest absolute Gasteiger partial charge is 0.744 e. The van der Waals surface area contributed by atoms with Gasteiger partial charge in [-0.1, -0.05) is 17.7 Å². The first-order chi connectivity index (χ1) is 11.9. The first kappa shape index (κ1) is 21.9. The predicted molar refractivity (Wildman–Crippen MR) is 98.9 cm³/mol. The van der Waals surface area contributed by atoms with Gasteiger partial charge in [0.15, 0.2) is 0 Å². The molecule has 0 aliphatic rings. The van der Waals surface area contributed by atoms with Gasteiger partial charge >= 0.3 is 11.8 Å². The van der Waals surface area contributed by atoms with Crippen molar-refractivity contribution in [2.75, 3.05) is 18.7 Å². The number of anilines is 1. The summed E-state index contributed by atoms with van der Waals surface area (Å²) in [5.74, 6) is 5.35. The van der Waals surface area contributed by atoms with Crippen LogP contribution in [-0.2, 0) is 14.9 Å². The first-order valence-corrected chi connectivity index (χ1v) is 9.46. The Kier molecular flexibility index (Phi) is 7.13. The van der Waals surface area contributed by atoms with Crippen LogP contribution >= 0.6 is 15.9 Å². The molecule has 0 bridgehead atoms. The van der Waals surface area contributed by atoms with Gasteiger partial charge in [-0.05, 0) is 53.9 Å². The van der Waals surface area contributed by atoms with Crippen LogP contribution in [0.1, 0.15) is 27.0 Å². The zero-order chi connectivity index (χ0) is 20.2. The highest BCUT2D eigenvalue weighted by Gasteiger charge is 2.14. The number of hydrogen-bond acceptors (Lipinski definition) is 7. The Morgan fingerprint density at radius 2 is 1.69 bits per heavy atom. The van der Waals surface area contributed by atoms with E-state index < -0.39 is 16.1 Å². The number of carbonyl (C=O) groups is 1. The van der Waals surface area contributed by atoms with Crippen molar-refractivity contribution >= 4 is 37.8 Å². The SMILES string of the molecule is COC(=O)c1cc(Br)c(N)[n+](N)c1.Cc1cc(C)c(S(=O)(=O)[O-])c(C)c1. The number of aryl methyl sites for hydroxylation is 3. The van der Waals surface area contributed by atoms with E-state index in [4.69, 9.17) is 11.6 Å². The zero-order valence-electron chi connectivity index (χ0n) is 14.7. The van der Waals surface area contributed by atoms with Gasteiger partial charge in [-0.2, -0.15) is 0 Å². The van der Waals surface area contributed by atoms with Crippen LogP contribution in [0.25, 0.3) is 0 Å². The fourth-order valence-corrected chi connectivity index (χ4v) is 3.74. The number of nitrogens with zero attached hydrogens (tertiary/aromatic N) is 1. The van der Waals surface area contributed by atoms with Crippen LogP contribution in [0.5, 0.6) is 0 Å². The topological polar surface area (TPSA) is 139 Å². The fraction of sp³-hybridized carbons (Fsp3) is 0.250. The summed E-state index contributed by atoms with van der Waals surface area (Å²) in [5.41, 5.74) is 7.87. The summed E-state index contributed by atoms with van der Waals surface area (Å²) in [5, 5.41) is 0. The minimum atomic E-state index is -4.33. The number of halogens is 1. The number of ether oxygens (including phenoxy) is 1. The molecule has 26 heavy (non-hydrogen) atoms. The number of nitrogen functional groups attached to an aromatic ring is 2. The molecule has 8 nitrogen and oxygen atoms in total. The van der Waals surface area contributed by atoms with Gasteiger partial charge in [0.25, 0.3) is 0 Å². The molecule has 0 saturated carbocycles. The van der Waals surface area contributed by atoms with E-state index in [2.05, 4.69) is 20.7 Å². The minimum Gasteiger partial charge on any atom is -0.744 e. The monoisotopic (exact) mass is 445 g/mol. The summed E-state index contributed by atoms with van der Waals surface area (Å²) in [7, 11) is -3.03. The molecule has 0 atom stereocenters. The molecule has 0 radical (unpaired) electrons. The highest BCUT2D eigenvalue weighted by molar-refractivity contribution is 9.10. The lowest BCUT2D eigenvalue weighted by atomic mass is 10.1. The molecular weight excluding hydrogens is 426 g/mol. The maximum Gasteiger partial charge on any atom is 0.341 e. The second-order valence-corrected chi connectivity index (χ2v) is 7.71. The molecule has 1 heterocycles. The Morgan fingerprint density at radius 3 is 2.08 bits per heavy atom. The fourth-order valence-electron chi connectivity index (χ4n) is 2.38. The lowest BCUT2D eigenvalue weighted by molar-refractivity contribution is -0.624. The van der Waals surface area contributed by atoms with Crippen molar-refractivity contribution in [1.29, 1.82) is 0 Å². The third-order valence-corrected chi connectivity index (χ3v) is 5.14. The van der Waals surface area contributed by atoms with Gasteiger partial charge in [0.05, 0.1) is 12.0 Å². The molecule has 2 aromatic rings. The van der Waals surface area contributed by atoms with Gasteiger partial charge in [0, 0.05) is 0 Å². The molecule has 10 heteroatoms. The average molecular weight is 446 g/mol. The molecule has 0 saturated heterocycles. The lowest BCUT2D eigenvalue weighted by Crippen LogP contribution is -2.47. The summed E-state index contributed by atoms with van der Waals surface area (Å²) in [6, 6.07) is 4.93. The molecule has 142 valence electrons. The summed E-state index contributed by atoms with van der Waals surface area (Å²) in [6.45, 7) is 5.12. The van der Waals surface area contributed by atoms with Gasteiger partial charge in [0.2, 0.25) is 0 Å². The molecule has 4 N–H and O–H groups in total. The molecule has 0 amide bonds. The van der Waals surface area contributed by atoms with E-state index in [1.807, 2.05) is 6.92 Å².